The molecule has 2 saturated carbocycles. The van der Waals surface area contributed by atoms with Crippen LogP contribution in [0.25, 0.3) is 0 Å². The molecule has 8 nitrogen and oxygen atoms in total. The number of carbonyl (C=O) groups excluding carboxylic acids is 2. The van der Waals surface area contributed by atoms with Crippen molar-refractivity contribution in [3.8, 4) is 0 Å². The Kier molecular flexibility index (Phi) is 6.13. The van der Waals surface area contributed by atoms with Crippen LogP contribution in [0.2, 0.25) is 0 Å². The molecule has 152 valence electrons. The molecule has 0 atom stereocenters. The van der Waals surface area contributed by atoms with Gasteiger partial charge in [0.2, 0.25) is 0 Å². The number of ether oxygens (including phenoxy) is 1. The van der Waals surface area contributed by atoms with Gasteiger partial charge in [0.15, 0.2) is 0 Å². The van der Waals surface area contributed by atoms with Crippen LogP contribution in [0, 0.1) is 11.7 Å². The molecule has 9 heteroatoms. The van der Waals surface area contributed by atoms with E-state index in [-0.39, 0.29) is 29.9 Å². The van der Waals surface area contributed by atoms with Crippen molar-refractivity contribution in [1.82, 2.24) is 10.2 Å². The predicted molar refractivity (Wildman–Crippen MR) is 98.6 cm³/mol. The maximum absolute atomic E-state index is 13.5. The Bertz CT molecular complexity index is 762. The van der Waals surface area contributed by atoms with Crippen LogP contribution in [0.1, 0.15) is 36.0 Å². The van der Waals surface area contributed by atoms with Crippen LogP contribution in [0.4, 0.5) is 14.9 Å². The zero-order valence-electron chi connectivity index (χ0n) is 15.6. The molecule has 0 saturated heterocycles. The highest BCUT2D eigenvalue weighted by Crippen LogP contribution is 2.33. The number of carbonyl (C=O) groups is 3. The zero-order valence-corrected chi connectivity index (χ0v) is 15.6. The molecule has 0 aliphatic heterocycles. The lowest BCUT2D eigenvalue weighted by Gasteiger charge is -2.42. The lowest BCUT2D eigenvalue weighted by Crippen LogP contribution is -2.55. The third-order valence-corrected chi connectivity index (χ3v) is 5.13. The molecule has 2 aliphatic carbocycles. The smallest absolute Gasteiger partial charge is 0.339 e. The second-order valence-corrected chi connectivity index (χ2v) is 7.37. The topological polar surface area (TPSA) is 108 Å². The number of nitrogens with one attached hydrogen (secondary N) is 2. The number of carboxylic acids is 1. The molecule has 2 amide bonds. The summed E-state index contributed by atoms with van der Waals surface area (Å²) in [4.78, 5) is 37.0. The minimum Gasteiger partial charge on any atom is -0.480 e. The number of amides is 2. The quantitative estimate of drug-likeness (QED) is 0.584. The minimum atomic E-state index is -0.851. The molecule has 3 rings (SSSR count). The number of nitrogens with zero attached hydrogens (tertiary/aromatic N) is 1. The Hall–Kier alpha value is -2.68. The number of hydrogen-bond donors (Lipinski definition) is 3. The van der Waals surface area contributed by atoms with Crippen LogP contribution < -0.4 is 10.6 Å². The van der Waals surface area contributed by atoms with E-state index >= 15 is 0 Å². The number of esters is 1. The molecule has 0 spiro atoms. The van der Waals surface area contributed by atoms with E-state index in [0.29, 0.717) is 18.8 Å². The molecule has 3 N–H and O–H groups in total. The number of halogens is 1. The van der Waals surface area contributed by atoms with Gasteiger partial charge in [-0.25, -0.2) is 14.0 Å². The Morgan fingerprint density at radius 2 is 2.00 bits per heavy atom. The molecule has 0 aromatic heterocycles. The summed E-state index contributed by atoms with van der Waals surface area (Å²) < 4.78 is 18.1. The first-order valence-electron chi connectivity index (χ1n) is 9.27. The van der Waals surface area contributed by atoms with Gasteiger partial charge >= 0.3 is 18.0 Å². The standard InChI is InChI=1S/C19H24FN3O5/c1-28-18(26)15-5-4-12(20)6-16(15)22-19(27)21-13-7-14(8-13)23(10-17(24)25)9-11-2-3-11/h4-6,11,13-14H,2-3,7-10H2,1H3,(H,24,25)(H2,21,22,27). The maximum atomic E-state index is 13.5. The van der Waals surface area contributed by atoms with Crippen LogP contribution in [0.5, 0.6) is 0 Å². The van der Waals surface area contributed by atoms with E-state index in [0.717, 1.165) is 31.5 Å². The van der Waals surface area contributed by atoms with Gasteiger partial charge in [0.25, 0.3) is 0 Å². The van der Waals surface area contributed by atoms with E-state index < -0.39 is 23.8 Å². The number of urea groups is 1. The van der Waals surface area contributed by atoms with Crippen LogP contribution in [0.3, 0.4) is 0 Å². The average molecular weight is 393 g/mol. The molecule has 2 fully saturated rings. The highest BCUT2D eigenvalue weighted by Gasteiger charge is 2.37. The number of benzene rings is 1. The Morgan fingerprint density at radius 3 is 2.61 bits per heavy atom. The molecular formula is C19H24FN3O5. The third kappa shape index (κ3) is 5.19. The van der Waals surface area contributed by atoms with E-state index in [2.05, 4.69) is 15.4 Å². The summed E-state index contributed by atoms with van der Waals surface area (Å²) >= 11 is 0. The molecule has 0 bridgehead atoms. The molecule has 0 radical (unpaired) electrons. The van der Waals surface area contributed by atoms with Crippen LogP contribution in [-0.2, 0) is 9.53 Å². The average Bonchev–Trinajstić information content (AvgIpc) is 3.40. The van der Waals surface area contributed by atoms with E-state index in [4.69, 9.17) is 5.11 Å². The lowest BCUT2D eigenvalue weighted by atomic mass is 9.85. The number of carboxylic acid groups (broad SMARTS) is 1. The van der Waals surface area contributed by atoms with Gasteiger partial charge in [-0.15, -0.1) is 0 Å². The number of anilines is 1. The van der Waals surface area contributed by atoms with Gasteiger partial charge in [0.1, 0.15) is 5.82 Å². The van der Waals surface area contributed by atoms with Crippen LogP contribution >= 0.6 is 0 Å². The maximum Gasteiger partial charge on any atom is 0.339 e. The number of hydrogen-bond acceptors (Lipinski definition) is 5. The molecule has 0 unspecified atom stereocenters. The van der Waals surface area contributed by atoms with Crippen molar-refractivity contribution in [2.75, 3.05) is 25.5 Å². The van der Waals surface area contributed by atoms with Gasteiger partial charge in [-0.1, -0.05) is 0 Å². The second-order valence-electron chi connectivity index (χ2n) is 7.37. The Labute approximate surface area is 162 Å². The van der Waals surface area contributed by atoms with Crippen molar-refractivity contribution >= 4 is 23.7 Å². The molecule has 0 heterocycles. The summed E-state index contributed by atoms with van der Waals surface area (Å²) in [7, 11) is 1.20. The number of rotatable bonds is 8. The largest absolute Gasteiger partial charge is 0.480 e. The van der Waals surface area contributed by atoms with Crippen LogP contribution in [0.15, 0.2) is 18.2 Å². The van der Waals surface area contributed by atoms with E-state index in [1.807, 2.05) is 4.90 Å². The van der Waals surface area contributed by atoms with Gasteiger partial charge < -0.3 is 20.5 Å². The summed E-state index contributed by atoms with van der Waals surface area (Å²) in [5.74, 6) is -1.53. The van der Waals surface area contributed by atoms with Crippen molar-refractivity contribution in [3.63, 3.8) is 0 Å². The monoisotopic (exact) mass is 393 g/mol. The summed E-state index contributed by atoms with van der Waals surface area (Å²) in [6, 6.07) is 2.89. The molecule has 2 aliphatic rings. The van der Waals surface area contributed by atoms with E-state index in [1.165, 1.54) is 13.2 Å². The van der Waals surface area contributed by atoms with E-state index in [1.54, 1.807) is 0 Å². The molecule has 28 heavy (non-hydrogen) atoms. The first kappa shape index (κ1) is 20.1. The highest BCUT2D eigenvalue weighted by molar-refractivity contribution is 6.00. The van der Waals surface area contributed by atoms with Gasteiger partial charge in [-0.05, 0) is 49.8 Å². The zero-order chi connectivity index (χ0) is 20.3. The van der Waals surface area contributed by atoms with Crippen molar-refractivity contribution in [2.24, 2.45) is 5.92 Å². The van der Waals surface area contributed by atoms with Crippen molar-refractivity contribution in [3.05, 3.63) is 29.6 Å². The van der Waals surface area contributed by atoms with Gasteiger partial charge in [-0.3, -0.25) is 9.69 Å². The highest BCUT2D eigenvalue weighted by atomic mass is 19.1. The summed E-state index contributed by atoms with van der Waals surface area (Å²) in [6.45, 7) is 0.785. The fourth-order valence-corrected chi connectivity index (χ4v) is 3.40. The SMILES string of the molecule is COC(=O)c1ccc(F)cc1NC(=O)NC1CC(N(CC(=O)O)CC2CC2)C1. The molecular weight excluding hydrogens is 369 g/mol. The van der Waals surface area contributed by atoms with Crippen molar-refractivity contribution < 1.29 is 28.6 Å². The number of methoxy groups -OCH3 is 1. The van der Waals surface area contributed by atoms with Gasteiger partial charge in [-0.2, -0.15) is 0 Å². The Balaban J connectivity index is 1.52. The third-order valence-electron chi connectivity index (χ3n) is 5.13. The van der Waals surface area contributed by atoms with Gasteiger partial charge in [0, 0.05) is 18.6 Å². The Morgan fingerprint density at radius 1 is 1.29 bits per heavy atom. The number of aliphatic carboxylic acids is 1. The lowest BCUT2D eigenvalue weighted by molar-refractivity contribution is -0.139. The second kappa shape index (κ2) is 8.55. The van der Waals surface area contributed by atoms with Gasteiger partial charge in [0.05, 0.1) is 24.9 Å². The first-order valence-corrected chi connectivity index (χ1v) is 9.27. The van der Waals surface area contributed by atoms with Crippen LogP contribution in [-0.4, -0.2) is 60.3 Å². The normalized spacial score (nSPS) is 21.0. The predicted octanol–water partition coefficient (Wildman–Crippen LogP) is 2.06. The fraction of sp³-hybridized carbons (Fsp3) is 0.526. The molecule has 1 aromatic carbocycles. The van der Waals surface area contributed by atoms with E-state index in [9.17, 15) is 18.8 Å². The summed E-state index contributed by atoms with van der Waals surface area (Å²) in [6.07, 6.45) is 3.59. The summed E-state index contributed by atoms with van der Waals surface area (Å²) in [5, 5.41) is 14.3. The van der Waals surface area contributed by atoms with Crippen molar-refractivity contribution in [2.45, 2.75) is 37.8 Å². The summed E-state index contributed by atoms with van der Waals surface area (Å²) in [5.41, 5.74) is 0.0871. The first-order chi connectivity index (χ1) is 13.4. The fourth-order valence-electron chi connectivity index (χ4n) is 3.40. The molecule has 1 aromatic rings. The minimum absolute atomic E-state index is 0.00582. The van der Waals surface area contributed by atoms with Crippen molar-refractivity contribution in [1.29, 1.82) is 0 Å².